The van der Waals surface area contributed by atoms with Gasteiger partial charge >= 0.3 is 0 Å². The summed E-state index contributed by atoms with van der Waals surface area (Å²) in [4.78, 5) is 30.7. The van der Waals surface area contributed by atoms with E-state index >= 15 is 0 Å². The van der Waals surface area contributed by atoms with Crippen molar-refractivity contribution in [2.24, 2.45) is 0 Å². The number of nitrogens with zero attached hydrogens (tertiary/aromatic N) is 4. The van der Waals surface area contributed by atoms with Crippen molar-refractivity contribution in [3.63, 3.8) is 0 Å². The number of aromatic amines is 1. The summed E-state index contributed by atoms with van der Waals surface area (Å²) in [7, 11) is 0. The number of nitrogens with one attached hydrogen (secondary N) is 2. The summed E-state index contributed by atoms with van der Waals surface area (Å²) in [5, 5.41) is 2.85. The van der Waals surface area contributed by atoms with Gasteiger partial charge in [0.1, 0.15) is 11.8 Å². The lowest BCUT2D eigenvalue weighted by molar-refractivity contribution is -0.112. The Morgan fingerprint density at radius 2 is 2.16 bits per heavy atom. The predicted molar refractivity (Wildman–Crippen MR) is 99.1 cm³/mol. The van der Waals surface area contributed by atoms with Crippen molar-refractivity contribution in [3.05, 3.63) is 48.0 Å². The molecule has 0 saturated carbocycles. The van der Waals surface area contributed by atoms with E-state index in [9.17, 15) is 4.79 Å². The molecule has 0 saturated heterocycles. The third-order valence-corrected chi connectivity index (χ3v) is 4.76. The number of rotatable bonds is 3. The Bertz CT molecular complexity index is 968. The van der Waals surface area contributed by atoms with E-state index in [4.69, 9.17) is 5.73 Å². The number of anilines is 3. The molecule has 2 aromatic heterocycles. The van der Waals surface area contributed by atoms with Crippen LogP contribution < -0.4 is 16.0 Å². The molecule has 0 aliphatic carbocycles. The molecule has 8 nitrogen and oxygen atoms in total. The minimum atomic E-state index is -0.192. The lowest BCUT2D eigenvalue weighted by Crippen LogP contribution is -2.28. The zero-order valence-corrected chi connectivity index (χ0v) is 14.0. The number of nitrogen functional groups attached to an aromatic ring is 1. The Hall–Kier alpha value is -3.07. The van der Waals surface area contributed by atoms with Crippen LogP contribution in [0.2, 0.25) is 0 Å². The molecule has 3 heterocycles. The third-order valence-electron chi connectivity index (χ3n) is 3.77. The van der Waals surface area contributed by atoms with Crippen LogP contribution in [-0.4, -0.2) is 38.1 Å². The number of benzene rings is 1. The number of thioether (sulfide) groups is 1. The van der Waals surface area contributed by atoms with Gasteiger partial charge < -0.3 is 20.9 Å². The van der Waals surface area contributed by atoms with Gasteiger partial charge in [0.15, 0.2) is 11.5 Å². The molecule has 1 aliphatic rings. The molecule has 3 aromatic rings. The first-order valence-electron chi connectivity index (χ1n) is 7.63. The van der Waals surface area contributed by atoms with Crippen LogP contribution in [0.5, 0.6) is 0 Å². The number of hydrogen-bond donors (Lipinski definition) is 3. The molecule has 1 aliphatic heterocycles. The minimum Gasteiger partial charge on any atom is -0.397 e. The highest BCUT2D eigenvalue weighted by Crippen LogP contribution is 2.29. The Morgan fingerprint density at radius 3 is 3.04 bits per heavy atom. The minimum absolute atomic E-state index is 0.192. The summed E-state index contributed by atoms with van der Waals surface area (Å²) in [5.74, 6) is 1.28. The van der Waals surface area contributed by atoms with Crippen molar-refractivity contribution in [1.29, 1.82) is 0 Å². The van der Waals surface area contributed by atoms with Gasteiger partial charge in [-0.15, -0.1) is 11.8 Å². The Morgan fingerprint density at radius 1 is 1.28 bits per heavy atom. The number of amides is 1. The molecule has 4 rings (SSSR count). The summed E-state index contributed by atoms with van der Waals surface area (Å²) >= 11 is 1.50. The molecular formula is C16H15N7OS. The number of carbonyl (C=O) groups excluding carboxylic acids is 1. The highest BCUT2D eigenvalue weighted by Gasteiger charge is 2.21. The quantitative estimate of drug-likeness (QED) is 0.617. The molecule has 0 fully saturated rings. The SMILES string of the molecule is Nc1ccccc1NC(=O)C1=CN(c2ncnc3nc[nH]c23)CCS1. The molecule has 0 bridgehead atoms. The first-order valence-corrected chi connectivity index (χ1v) is 8.62. The molecule has 25 heavy (non-hydrogen) atoms. The molecule has 0 atom stereocenters. The topological polar surface area (TPSA) is 113 Å². The fourth-order valence-electron chi connectivity index (χ4n) is 2.55. The average molecular weight is 353 g/mol. The van der Waals surface area contributed by atoms with Crippen molar-refractivity contribution in [3.8, 4) is 0 Å². The second kappa shape index (κ2) is 6.44. The van der Waals surface area contributed by atoms with Crippen LogP contribution in [0.4, 0.5) is 17.2 Å². The van der Waals surface area contributed by atoms with Crippen molar-refractivity contribution in [2.45, 2.75) is 0 Å². The van der Waals surface area contributed by atoms with Crippen LogP contribution >= 0.6 is 11.8 Å². The highest BCUT2D eigenvalue weighted by atomic mass is 32.2. The fourth-order valence-corrected chi connectivity index (χ4v) is 3.45. The standard InChI is InChI=1S/C16H15N7OS/c17-10-3-1-2-4-11(10)22-16(24)12-7-23(5-6-25-12)15-13-14(19-8-18-13)20-9-21-15/h1-4,7-9H,5-6,17H2,(H,22,24)(H,18,19,20,21). The van der Waals surface area contributed by atoms with E-state index < -0.39 is 0 Å². The van der Waals surface area contributed by atoms with Crippen LogP contribution in [0.1, 0.15) is 0 Å². The van der Waals surface area contributed by atoms with Gasteiger partial charge in [0.05, 0.1) is 22.6 Å². The van der Waals surface area contributed by atoms with Crippen molar-refractivity contribution in [2.75, 3.05) is 28.2 Å². The van der Waals surface area contributed by atoms with Gasteiger partial charge in [-0.3, -0.25) is 4.79 Å². The zero-order valence-electron chi connectivity index (χ0n) is 13.1. The number of imidazole rings is 1. The van der Waals surface area contributed by atoms with Crippen LogP contribution in [0.25, 0.3) is 11.2 Å². The normalized spacial score (nSPS) is 14.4. The van der Waals surface area contributed by atoms with E-state index in [1.54, 1.807) is 24.7 Å². The first-order chi connectivity index (χ1) is 12.2. The molecular weight excluding hydrogens is 338 g/mol. The molecule has 0 unspecified atom stereocenters. The van der Waals surface area contributed by atoms with Gasteiger partial charge in [-0.2, -0.15) is 0 Å². The summed E-state index contributed by atoms with van der Waals surface area (Å²) in [5.41, 5.74) is 8.37. The van der Waals surface area contributed by atoms with Crippen LogP contribution in [0.3, 0.4) is 0 Å². The molecule has 9 heteroatoms. The summed E-state index contributed by atoms with van der Waals surface area (Å²) in [6, 6.07) is 7.18. The van der Waals surface area contributed by atoms with E-state index in [0.29, 0.717) is 27.7 Å². The first kappa shape index (κ1) is 15.5. The van der Waals surface area contributed by atoms with E-state index in [1.807, 2.05) is 17.0 Å². The van der Waals surface area contributed by atoms with Gasteiger partial charge in [-0.05, 0) is 12.1 Å². The molecule has 1 amide bonds. The number of carbonyl (C=O) groups is 1. The molecule has 0 spiro atoms. The molecule has 126 valence electrons. The summed E-state index contributed by atoms with van der Waals surface area (Å²) in [6.45, 7) is 0.736. The molecule has 4 N–H and O–H groups in total. The van der Waals surface area contributed by atoms with Crippen molar-refractivity contribution >= 4 is 46.0 Å². The smallest absolute Gasteiger partial charge is 0.263 e. The van der Waals surface area contributed by atoms with Gasteiger partial charge in [0.2, 0.25) is 0 Å². The second-order valence-electron chi connectivity index (χ2n) is 5.37. The lowest BCUT2D eigenvalue weighted by Gasteiger charge is -2.25. The Labute approximate surface area is 147 Å². The number of aromatic nitrogens is 4. The number of hydrogen-bond acceptors (Lipinski definition) is 7. The van der Waals surface area contributed by atoms with Gasteiger partial charge in [0.25, 0.3) is 5.91 Å². The maximum atomic E-state index is 12.6. The number of nitrogens with two attached hydrogens (primary N) is 1. The van der Waals surface area contributed by atoms with E-state index in [-0.39, 0.29) is 5.91 Å². The van der Waals surface area contributed by atoms with Crippen molar-refractivity contribution < 1.29 is 4.79 Å². The fraction of sp³-hybridized carbons (Fsp3) is 0.125. The van der Waals surface area contributed by atoms with Crippen LogP contribution in [-0.2, 0) is 4.79 Å². The van der Waals surface area contributed by atoms with Crippen molar-refractivity contribution in [1.82, 2.24) is 19.9 Å². The zero-order chi connectivity index (χ0) is 17.2. The Balaban J connectivity index is 1.61. The predicted octanol–water partition coefficient (Wildman–Crippen LogP) is 1.97. The maximum Gasteiger partial charge on any atom is 0.263 e. The summed E-state index contributed by atoms with van der Waals surface area (Å²) < 4.78 is 0. The van der Waals surface area contributed by atoms with Crippen LogP contribution in [0.15, 0.2) is 48.0 Å². The van der Waals surface area contributed by atoms with E-state index in [0.717, 1.165) is 17.8 Å². The number of fused-ring (bicyclic) bond motifs is 1. The molecule has 0 radical (unpaired) electrons. The monoisotopic (exact) mass is 353 g/mol. The second-order valence-corrected chi connectivity index (χ2v) is 6.51. The summed E-state index contributed by atoms with van der Waals surface area (Å²) in [6.07, 6.45) is 4.85. The van der Waals surface area contributed by atoms with E-state index in [1.165, 1.54) is 18.1 Å². The van der Waals surface area contributed by atoms with Gasteiger partial charge in [-0.1, -0.05) is 12.1 Å². The Kier molecular flexibility index (Phi) is 3.98. The third kappa shape index (κ3) is 3.01. The average Bonchev–Trinajstić information content (AvgIpc) is 3.12. The largest absolute Gasteiger partial charge is 0.397 e. The maximum absolute atomic E-state index is 12.6. The van der Waals surface area contributed by atoms with E-state index in [2.05, 4.69) is 25.3 Å². The highest BCUT2D eigenvalue weighted by molar-refractivity contribution is 8.04. The number of para-hydroxylation sites is 2. The molecule has 1 aromatic carbocycles. The van der Waals surface area contributed by atoms with Gasteiger partial charge in [-0.25, -0.2) is 15.0 Å². The lowest BCUT2D eigenvalue weighted by atomic mass is 10.2. The number of H-pyrrole nitrogens is 1. The van der Waals surface area contributed by atoms with Gasteiger partial charge in [0, 0.05) is 18.5 Å². The van der Waals surface area contributed by atoms with Crippen LogP contribution in [0, 0.1) is 0 Å².